The van der Waals surface area contributed by atoms with Crippen LogP contribution >= 0.6 is 11.3 Å². The quantitative estimate of drug-likeness (QED) is 0.743. The molecule has 154 valence electrons. The number of fused-ring (bicyclic) bond motifs is 1. The Morgan fingerprint density at radius 1 is 1.14 bits per heavy atom. The van der Waals surface area contributed by atoms with Crippen molar-refractivity contribution in [2.24, 2.45) is 0 Å². The Labute approximate surface area is 171 Å². The Morgan fingerprint density at radius 2 is 1.83 bits per heavy atom. The number of halogens is 1. The van der Waals surface area contributed by atoms with Crippen molar-refractivity contribution in [3.05, 3.63) is 51.7 Å². The van der Waals surface area contributed by atoms with E-state index in [4.69, 9.17) is 9.47 Å². The molecule has 9 heteroatoms. The van der Waals surface area contributed by atoms with E-state index in [1.165, 1.54) is 35.6 Å². The molecular formula is C20H21FN2O5S. The topological polar surface area (TPSA) is 84.9 Å². The standard InChI is InChI=1S/C20H21FN2O5S/c1-3-27-19(25)16-14-9-10-23(20(26)28-4-2)11-15(14)29-18(16)22-17(24)12-5-7-13(21)8-6-12/h5-8H,3-4,9-11H2,1-2H3,(H,22,24). The van der Waals surface area contributed by atoms with E-state index in [9.17, 15) is 18.8 Å². The summed E-state index contributed by atoms with van der Waals surface area (Å²) in [5, 5.41) is 3.09. The number of carbonyl (C=O) groups is 3. The Hall–Kier alpha value is -2.94. The third-order valence-electron chi connectivity index (χ3n) is 4.40. The second-order valence-corrected chi connectivity index (χ2v) is 7.37. The first-order valence-corrected chi connectivity index (χ1v) is 10.1. The first-order valence-electron chi connectivity index (χ1n) is 9.24. The summed E-state index contributed by atoms with van der Waals surface area (Å²) in [5.41, 5.74) is 1.34. The average molecular weight is 420 g/mol. The number of nitrogens with zero attached hydrogens (tertiary/aromatic N) is 1. The minimum atomic E-state index is -0.524. The first-order chi connectivity index (χ1) is 13.9. The Kier molecular flexibility index (Phi) is 6.48. The third-order valence-corrected chi connectivity index (χ3v) is 5.53. The maximum absolute atomic E-state index is 13.1. The molecule has 1 aliphatic heterocycles. The SMILES string of the molecule is CCOC(=O)c1c(NC(=O)c2ccc(F)cc2)sc2c1CCN(C(=O)OCC)C2. The number of ether oxygens (including phenoxy) is 2. The molecule has 1 aromatic heterocycles. The van der Waals surface area contributed by atoms with Crippen LogP contribution in [0, 0.1) is 5.82 Å². The van der Waals surface area contributed by atoms with Gasteiger partial charge in [-0.05, 0) is 50.1 Å². The van der Waals surface area contributed by atoms with Gasteiger partial charge >= 0.3 is 12.1 Å². The summed E-state index contributed by atoms with van der Waals surface area (Å²) >= 11 is 1.23. The van der Waals surface area contributed by atoms with E-state index in [2.05, 4.69) is 5.32 Å². The smallest absolute Gasteiger partial charge is 0.410 e. The number of esters is 1. The van der Waals surface area contributed by atoms with Crippen LogP contribution in [0.5, 0.6) is 0 Å². The summed E-state index contributed by atoms with van der Waals surface area (Å²) in [5.74, 6) is -1.43. The fraction of sp³-hybridized carbons (Fsp3) is 0.350. The molecule has 7 nitrogen and oxygen atoms in total. The Balaban J connectivity index is 1.90. The van der Waals surface area contributed by atoms with Crippen LogP contribution in [-0.2, 0) is 22.4 Å². The summed E-state index contributed by atoms with van der Waals surface area (Å²) in [7, 11) is 0. The fourth-order valence-corrected chi connectivity index (χ4v) is 4.30. The number of thiophene rings is 1. The summed E-state index contributed by atoms with van der Waals surface area (Å²) < 4.78 is 23.3. The highest BCUT2D eigenvalue weighted by Gasteiger charge is 2.31. The Morgan fingerprint density at radius 3 is 2.48 bits per heavy atom. The van der Waals surface area contributed by atoms with Gasteiger partial charge in [0.15, 0.2) is 0 Å². The van der Waals surface area contributed by atoms with Gasteiger partial charge in [-0.1, -0.05) is 0 Å². The fourth-order valence-electron chi connectivity index (χ4n) is 3.06. The third kappa shape index (κ3) is 4.56. The molecule has 0 atom stereocenters. The van der Waals surface area contributed by atoms with Gasteiger partial charge in [0.2, 0.25) is 0 Å². The second kappa shape index (κ2) is 9.04. The molecule has 1 aromatic carbocycles. The van der Waals surface area contributed by atoms with Crippen LogP contribution in [0.1, 0.15) is 45.0 Å². The molecule has 1 N–H and O–H groups in total. The van der Waals surface area contributed by atoms with Crippen LogP contribution in [0.2, 0.25) is 0 Å². The first kappa shape index (κ1) is 20.8. The van der Waals surface area contributed by atoms with Crippen molar-refractivity contribution in [1.82, 2.24) is 4.90 Å². The van der Waals surface area contributed by atoms with Gasteiger partial charge in [0.25, 0.3) is 5.91 Å². The molecule has 0 spiro atoms. The van der Waals surface area contributed by atoms with Crippen molar-refractivity contribution in [3.63, 3.8) is 0 Å². The van der Waals surface area contributed by atoms with Gasteiger partial charge in [0.05, 0.1) is 25.3 Å². The molecule has 2 amide bonds. The molecule has 0 unspecified atom stereocenters. The van der Waals surface area contributed by atoms with Crippen molar-refractivity contribution in [3.8, 4) is 0 Å². The number of carbonyl (C=O) groups excluding carboxylic acids is 3. The molecule has 0 fully saturated rings. The lowest BCUT2D eigenvalue weighted by Crippen LogP contribution is -2.36. The Bertz CT molecular complexity index is 926. The molecule has 0 saturated carbocycles. The van der Waals surface area contributed by atoms with Crippen LogP contribution in [0.25, 0.3) is 0 Å². The van der Waals surface area contributed by atoms with Gasteiger partial charge in [-0.2, -0.15) is 0 Å². The highest BCUT2D eigenvalue weighted by atomic mass is 32.1. The maximum Gasteiger partial charge on any atom is 0.410 e. The molecule has 29 heavy (non-hydrogen) atoms. The highest BCUT2D eigenvalue weighted by molar-refractivity contribution is 7.17. The van der Waals surface area contributed by atoms with Crippen molar-refractivity contribution in [2.45, 2.75) is 26.8 Å². The van der Waals surface area contributed by atoms with Crippen LogP contribution in [0.3, 0.4) is 0 Å². The van der Waals surface area contributed by atoms with Crippen molar-refractivity contribution in [1.29, 1.82) is 0 Å². The van der Waals surface area contributed by atoms with Gasteiger partial charge in [0.1, 0.15) is 10.8 Å². The molecule has 2 aromatic rings. The predicted octanol–water partition coefficient (Wildman–Crippen LogP) is 3.83. The summed E-state index contributed by atoms with van der Waals surface area (Å²) in [4.78, 5) is 39.5. The number of anilines is 1. The molecule has 3 rings (SSSR count). The van der Waals surface area contributed by atoms with Gasteiger partial charge < -0.3 is 19.7 Å². The zero-order valence-corrected chi connectivity index (χ0v) is 16.9. The minimum absolute atomic E-state index is 0.198. The molecule has 0 radical (unpaired) electrons. The molecule has 0 aliphatic carbocycles. The van der Waals surface area contributed by atoms with Gasteiger partial charge in [-0.3, -0.25) is 4.79 Å². The number of rotatable bonds is 5. The zero-order chi connectivity index (χ0) is 21.0. The van der Waals surface area contributed by atoms with E-state index >= 15 is 0 Å². The maximum atomic E-state index is 13.1. The lowest BCUT2D eigenvalue weighted by atomic mass is 10.0. The van der Waals surface area contributed by atoms with Crippen LogP contribution in [0.15, 0.2) is 24.3 Å². The van der Waals surface area contributed by atoms with Crippen LogP contribution in [0.4, 0.5) is 14.2 Å². The molecule has 1 aliphatic rings. The van der Waals surface area contributed by atoms with E-state index in [0.29, 0.717) is 23.5 Å². The predicted molar refractivity (Wildman–Crippen MR) is 106 cm³/mol. The second-order valence-electron chi connectivity index (χ2n) is 6.26. The van der Waals surface area contributed by atoms with Crippen LogP contribution in [-0.4, -0.2) is 42.6 Å². The average Bonchev–Trinajstić information content (AvgIpc) is 3.05. The molecule has 2 heterocycles. The number of nitrogens with one attached hydrogen (secondary N) is 1. The van der Waals surface area contributed by atoms with Gasteiger partial charge in [0, 0.05) is 17.0 Å². The van der Waals surface area contributed by atoms with E-state index in [-0.39, 0.29) is 25.3 Å². The summed E-state index contributed by atoms with van der Waals surface area (Å²) in [6, 6.07) is 5.12. The normalized spacial score (nSPS) is 12.9. The minimum Gasteiger partial charge on any atom is -0.462 e. The van der Waals surface area contributed by atoms with E-state index in [1.54, 1.807) is 18.7 Å². The van der Waals surface area contributed by atoms with Crippen molar-refractivity contribution < 1.29 is 28.2 Å². The molecule has 0 saturated heterocycles. The number of hydrogen-bond acceptors (Lipinski definition) is 6. The van der Waals surface area contributed by atoms with Gasteiger partial charge in [-0.15, -0.1) is 11.3 Å². The van der Waals surface area contributed by atoms with E-state index < -0.39 is 23.8 Å². The molecule has 0 bridgehead atoms. The summed E-state index contributed by atoms with van der Waals surface area (Å²) in [6.45, 7) is 4.61. The van der Waals surface area contributed by atoms with Crippen molar-refractivity contribution in [2.75, 3.05) is 25.1 Å². The number of benzene rings is 1. The largest absolute Gasteiger partial charge is 0.462 e. The zero-order valence-electron chi connectivity index (χ0n) is 16.1. The lowest BCUT2D eigenvalue weighted by molar-refractivity contribution is 0.0526. The van der Waals surface area contributed by atoms with Crippen LogP contribution < -0.4 is 5.32 Å². The number of hydrogen-bond donors (Lipinski definition) is 1. The molecular weight excluding hydrogens is 399 g/mol. The monoisotopic (exact) mass is 420 g/mol. The van der Waals surface area contributed by atoms with E-state index in [1.807, 2.05) is 0 Å². The van der Waals surface area contributed by atoms with Crippen molar-refractivity contribution >= 4 is 34.3 Å². The summed E-state index contributed by atoms with van der Waals surface area (Å²) in [6.07, 6.45) is 0.0340. The highest BCUT2D eigenvalue weighted by Crippen LogP contribution is 2.38. The lowest BCUT2D eigenvalue weighted by Gasteiger charge is -2.26. The van der Waals surface area contributed by atoms with E-state index in [0.717, 1.165) is 10.4 Å². The van der Waals surface area contributed by atoms with Gasteiger partial charge in [-0.25, -0.2) is 14.0 Å². The number of amides is 2.